The third-order valence-electron chi connectivity index (χ3n) is 10.6. The third-order valence-corrected chi connectivity index (χ3v) is 11.6. The average Bonchev–Trinajstić information content (AvgIpc) is 3.38. The number of hydrogen-bond acceptors (Lipinski definition) is 8. The Morgan fingerprint density at radius 2 is 0.726 bits per heavy atom. The Bertz CT molecular complexity index is 1790. The van der Waals surface area contributed by atoms with Gasteiger partial charge in [0.2, 0.25) is 0 Å². The van der Waals surface area contributed by atoms with Gasteiger partial charge in [-0.15, -0.1) is 0 Å². The zero-order chi connectivity index (χ0) is 53.1. The van der Waals surface area contributed by atoms with Crippen LogP contribution in [0.4, 0.5) is 0 Å². The van der Waals surface area contributed by atoms with E-state index in [0.29, 0.717) is 12.8 Å². The first-order valence-corrected chi connectivity index (χ1v) is 29.1. The van der Waals surface area contributed by atoms with Crippen molar-refractivity contribution >= 4 is 19.8 Å². The van der Waals surface area contributed by atoms with E-state index in [1.165, 1.54) is 12.8 Å². The van der Waals surface area contributed by atoms with Crippen LogP contribution in [0.2, 0.25) is 0 Å². The standard InChI is InChI=1S/C63H98NO8P/c1-3-5-7-9-11-13-15-17-19-21-22-23-24-25-26-27-28-29-30-31-32-33-34-35-36-37-38-40-42-44-46-48-50-52-54-56-63(66)72-61(60-71-73(67,68)70-58-57-64)59-69-62(65)55-53-51-49-47-45-43-41-39-20-18-16-14-12-10-8-6-4-2/h5-8,11-14,17-20,22-23,25-26,28-29,31-32,34-35,37-38,41,43,47,49,61H,3-4,9-10,15-16,21,24,27,30,33,36,39-40,42,44-46,48,50-60,64H2,1-2H3,(H,67,68)/b7-5-,8-6-,13-11-,14-12-,19-17-,20-18-,23-22-,26-25-,29-28-,32-31-,35-34-,38-37-,43-41-,49-47-. The number of carbonyl (C=O) groups is 2. The monoisotopic (exact) mass is 1030 g/mol. The molecule has 408 valence electrons. The van der Waals surface area contributed by atoms with Gasteiger partial charge in [0.25, 0.3) is 0 Å². The van der Waals surface area contributed by atoms with Crippen molar-refractivity contribution < 1.29 is 37.6 Å². The molecule has 3 N–H and O–H groups in total. The number of ether oxygens (including phenoxy) is 2. The SMILES string of the molecule is CC/C=C\C/C=C\C/C=C\C/C=C\C/C=C\C/C=C\C/C=C\C/C=C\C/C=C\CCCCCCCCCC(=O)OC(COC(=O)CCC/C=C\C/C=C\C/C=C\C/C=C\C/C=C\CC)COP(=O)(O)OCCN. The highest BCUT2D eigenvalue weighted by atomic mass is 31.2. The first kappa shape index (κ1) is 68.4. The second-order valence-corrected chi connectivity index (χ2v) is 18.8. The fraction of sp³-hybridized carbons (Fsp3) is 0.524. The largest absolute Gasteiger partial charge is 0.472 e. The topological polar surface area (TPSA) is 134 Å². The van der Waals surface area contributed by atoms with Gasteiger partial charge in [-0.2, -0.15) is 0 Å². The Morgan fingerprint density at radius 1 is 0.411 bits per heavy atom. The molecule has 0 aromatic rings. The molecule has 0 amide bonds. The van der Waals surface area contributed by atoms with Crippen molar-refractivity contribution in [2.24, 2.45) is 5.73 Å². The molecule has 0 spiro atoms. The van der Waals surface area contributed by atoms with Gasteiger partial charge < -0.3 is 20.1 Å². The van der Waals surface area contributed by atoms with Gasteiger partial charge in [-0.05, 0) is 122 Å². The lowest BCUT2D eigenvalue weighted by Crippen LogP contribution is -2.29. The van der Waals surface area contributed by atoms with Crippen molar-refractivity contribution in [3.8, 4) is 0 Å². The molecule has 73 heavy (non-hydrogen) atoms. The van der Waals surface area contributed by atoms with Crippen molar-refractivity contribution in [1.29, 1.82) is 0 Å². The minimum Gasteiger partial charge on any atom is -0.462 e. The van der Waals surface area contributed by atoms with E-state index in [9.17, 15) is 19.0 Å². The number of allylic oxidation sites excluding steroid dienone is 28. The maximum atomic E-state index is 12.7. The summed E-state index contributed by atoms with van der Waals surface area (Å²) in [4.78, 5) is 35.1. The van der Waals surface area contributed by atoms with Crippen LogP contribution in [0.5, 0.6) is 0 Å². The molecule has 10 heteroatoms. The van der Waals surface area contributed by atoms with Crippen LogP contribution < -0.4 is 5.73 Å². The third kappa shape index (κ3) is 56.5. The molecule has 2 atom stereocenters. The van der Waals surface area contributed by atoms with Crippen molar-refractivity contribution in [3.63, 3.8) is 0 Å². The predicted molar refractivity (Wildman–Crippen MR) is 311 cm³/mol. The van der Waals surface area contributed by atoms with Crippen LogP contribution in [-0.2, 0) is 32.7 Å². The van der Waals surface area contributed by atoms with Gasteiger partial charge in [-0.3, -0.25) is 18.6 Å². The molecule has 0 saturated carbocycles. The second kappa shape index (κ2) is 56.7. The van der Waals surface area contributed by atoms with Crippen molar-refractivity contribution in [2.45, 2.75) is 187 Å². The molecule has 0 aliphatic rings. The van der Waals surface area contributed by atoms with E-state index < -0.39 is 32.5 Å². The molecule has 0 aromatic heterocycles. The van der Waals surface area contributed by atoms with Crippen LogP contribution in [0, 0.1) is 0 Å². The Kier molecular flexibility index (Phi) is 53.1. The normalized spacial score (nSPS) is 14.4. The molecule has 0 heterocycles. The van der Waals surface area contributed by atoms with E-state index in [0.717, 1.165) is 128 Å². The lowest BCUT2D eigenvalue weighted by Gasteiger charge is -2.19. The van der Waals surface area contributed by atoms with Gasteiger partial charge in [0.15, 0.2) is 6.10 Å². The van der Waals surface area contributed by atoms with Crippen molar-refractivity contribution in [1.82, 2.24) is 0 Å². The van der Waals surface area contributed by atoms with Crippen molar-refractivity contribution in [2.75, 3.05) is 26.4 Å². The van der Waals surface area contributed by atoms with E-state index in [2.05, 4.69) is 178 Å². The van der Waals surface area contributed by atoms with Gasteiger partial charge in [0.05, 0.1) is 13.2 Å². The highest BCUT2D eigenvalue weighted by Gasteiger charge is 2.26. The summed E-state index contributed by atoms with van der Waals surface area (Å²) < 4.78 is 32.9. The first-order chi connectivity index (χ1) is 35.8. The van der Waals surface area contributed by atoms with Crippen LogP contribution in [0.15, 0.2) is 170 Å². The van der Waals surface area contributed by atoms with Gasteiger partial charge in [-0.1, -0.05) is 216 Å². The number of nitrogens with two attached hydrogens (primary N) is 1. The van der Waals surface area contributed by atoms with Crippen LogP contribution in [0.3, 0.4) is 0 Å². The molecule has 0 saturated heterocycles. The highest BCUT2D eigenvalue weighted by Crippen LogP contribution is 2.43. The van der Waals surface area contributed by atoms with Gasteiger partial charge in [-0.25, -0.2) is 4.57 Å². The minimum atomic E-state index is -4.41. The molecule has 0 fully saturated rings. The molecular weight excluding hydrogens is 930 g/mol. The van der Waals surface area contributed by atoms with Gasteiger partial charge in [0.1, 0.15) is 6.61 Å². The number of rotatable bonds is 49. The summed E-state index contributed by atoms with van der Waals surface area (Å²) in [5, 5.41) is 0. The highest BCUT2D eigenvalue weighted by molar-refractivity contribution is 7.47. The average molecular weight is 1030 g/mol. The molecule has 0 aliphatic heterocycles. The minimum absolute atomic E-state index is 0.0339. The van der Waals surface area contributed by atoms with Crippen LogP contribution >= 0.6 is 7.82 Å². The van der Waals surface area contributed by atoms with E-state index in [1.807, 2.05) is 6.08 Å². The quantitative estimate of drug-likeness (QED) is 0.0264. The number of unbranched alkanes of at least 4 members (excludes halogenated alkanes) is 8. The molecule has 0 aromatic carbocycles. The van der Waals surface area contributed by atoms with Crippen LogP contribution in [0.1, 0.15) is 181 Å². The maximum Gasteiger partial charge on any atom is 0.472 e. The Balaban J connectivity index is 4.12. The maximum absolute atomic E-state index is 12.7. The number of phosphoric acid groups is 1. The van der Waals surface area contributed by atoms with Gasteiger partial charge in [0, 0.05) is 19.4 Å². The number of hydrogen-bond donors (Lipinski definition) is 2. The predicted octanol–water partition coefficient (Wildman–Crippen LogP) is 17.5. The van der Waals surface area contributed by atoms with Crippen molar-refractivity contribution in [3.05, 3.63) is 170 Å². The summed E-state index contributed by atoms with van der Waals surface area (Å²) in [6.45, 7) is 3.40. The summed E-state index contributed by atoms with van der Waals surface area (Å²) in [6, 6.07) is 0. The van der Waals surface area contributed by atoms with E-state index in [4.69, 9.17) is 24.3 Å². The summed E-state index contributed by atoms with van der Waals surface area (Å²) in [5.41, 5.74) is 5.37. The molecule has 0 bridgehead atoms. The molecular formula is C63H98NO8P. The summed E-state index contributed by atoms with van der Waals surface area (Å²) in [7, 11) is -4.41. The lowest BCUT2D eigenvalue weighted by molar-refractivity contribution is -0.161. The first-order valence-electron chi connectivity index (χ1n) is 27.6. The molecule has 2 unspecified atom stereocenters. The molecule has 0 aliphatic carbocycles. The van der Waals surface area contributed by atoms with E-state index in [1.54, 1.807) is 0 Å². The fourth-order valence-corrected chi connectivity index (χ4v) is 7.37. The second-order valence-electron chi connectivity index (χ2n) is 17.3. The Morgan fingerprint density at radius 3 is 1.10 bits per heavy atom. The van der Waals surface area contributed by atoms with E-state index >= 15 is 0 Å². The number of esters is 2. The lowest BCUT2D eigenvalue weighted by atomic mass is 10.1. The van der Waals surface area contributed by atoms with Crippen LogP contribution in [-0.4, -0.2) is 49.3 Å². The number of phosphoric ester groups is 1. The molecule has 0 rings (SSSR count). The smallest absolute Gasteiger partial charge is 0.462 e. The molecule has 0 radical (unpaired) electrons. The Labute approximate surface area is 444 Å². The summed E-state index contributed by atoms with van der Waals surface area (Å²) in [6.07, 6.45) is 84.1. The number of carbonyl (C=O) groups excluding carboxylic acids is 2. The Hall–Kier alpha value is -4.63. The van der Waals surface area contributed by atoms with E-state index in [-0.39, 0.29) is 32.6 Å². The summed E-state index contributed by atoms with van der Waals surface area (Å²) in [5.74, 6) is -0.926. The fourth-order valence-electron chi connectivity index (χ4n) is 6.60. The van der Waals surface area contributed by atoms with Gasteiger partial charge >= 0.3 is 19.8 Å². The molecule has 9 nitrogen and oxygen atoms in total. The zero-order valence-electron chi connectivity index (χ0n) is 45.3. The van der Waals surface area contributed by atoms with Crippen LogP contribution in [0.25, 0.3) is 0 Å². The zero-order valence-corrected chi connectivity index (χ0v) is 46.2. The summed E-state index contributed by atoms with van der Waals surface area (Å²) >= 11 is 0.